The molecule has 0 amide bonds. The van der Waals surface area contributed by atoms with Crippen LogP contribution in [0.25, 0.3) is 11.1 Å². The summed E-state index contributed by atoms with van der Waals surface area (Å²) in [6, 6.07) is 5.10. The number of carbonyl (C=O) groups excluding carboxylic acids is 1. The molecule has 0 fully saturated rings. The number of benzene rings is 1. The molecule has 0 saturated heterocycles. The quantitative estimate of drug-likeness (QED) is 0.849. The maximum absolute atomic E-state index is 11.9. The number of esters is 1. The Morgan fingerprint density at radius 1 is 1.32 bits per heavy atom. The van der Waals surface area contributed by atoms with Gasteiger partial charge in [0.2, 0.25) is 0 Å². The van der Waals surface area contributed by atoms with Crippen molar-refractivity contribution in [1.29, 1.82) is 0 Å². The molecule has 0 aliphatic carbocycles. The van der Waals surface area contributed by atoms with Gasteiger partial charge in [-0.25, -0.2) is 4.79 Å². The summed E-state index contributed by atoms with van der Waals surface area (Å²) in [7, 11) is 0. The molecule has 100 valence electrons. The normalized spacial score (nSPS) is 10.5. The van der Waals surface area contributed by atoms with Gasteiger partial charge in [-0.05, 0) is 30.7 Å². The van der Waals surface area contributed by atoms with Crippen molar-refractivity contribution in [3.8, 4) is 11.1 Å². The zero-order chi connectivity index (χ0) is 14.0. The summed E-state index contributed by atoms with van der Waals surface area (Å²) < 4.78 is 5.01. The molecule has 2 rings (SSSR count). The van der Waals surface area contributed by atoms with E-state index in [1.165, 1.54) is 11.3 Å². The van der Waals surface area contributed by atoms with Crippen molar-refractivity contribution in [2.24, 2.45) is 0 Å². The molecular weight excluding hydrogens is 305 g/mol. The Hall–Kier alpha value is -1.23. The first-order valence-corrected chi connectivity index (χ1v) is 7.17. The van der Waals surface area contributed by atoms with E-state index in [-0.39, 0.29) is 0 Å². The zero-order valence-corrected chi connectivity index (χ0v) is 12.4. The molecule has 0 aliphatic heterocycles. The first-order chi connectivity index (χ1) is 9.02. The van der Waals surface area contributed by atoms with Crippen LogP contribution in [0.2, 0.25) is 10.0 Å². The molecule has 2 N–H and O–H groups in total. The van der Waals surface area contributed by atoms with Crippen molar-refractivity contribution >= 4 is 45.5 Å². The number of hydrogen-bond acceptors (Lipinski definition) is 4. The third-order valence-electron chi connectivity index (χ3n) is 2.47. The molecule has 0 radical (unpaired) electrons. The minimum absolute atomic E-state index is 0.295. The molecule has 0 spiro atoms. The minimum Gasteiger partial charge on any atom is -0.462 e. The van der Waals surface area contributed by atoms with Gasteiger partial charge in [-0.2, -0.15) is 0 Å². The highest BCUT2D eigenvalue weighted by Crippen LogP contribution is 2.36. The van der Waals surface area contributed by atoms with E-state index in [9.17, 15) is 4.79 Å². The summed E-state index contributed by atoms with van der Waals surface area (Å²) >= 11 is 13.2. The van der Waals surface area contributed by atoms with E-state index in [1.54, 1.807) is 30.5 Å². The molecule has 0 atom stereocenters. The fourth-order valence-electron chi connectivity index (χ4n) is 1.71. The Kier molecular flexibility index (Phi) is 4.34. The van der Waals surface area contributed by atoms with Crippen LogP contribution in [-0.2, 0) is 4.74 Å². The minimum atomic E-state index is -0.438. The second kappa shape index (κ2) is 5.82. The summed E-state index contributed by atoms with van der Waals surface area (Å²) in [4.78, 5) is 11.9. The first-order valence-electron chi connectivity index (χ1n) is 5.53. The van der Waals surface area contributed by atoms with Gasteiger partial charge in [-0.3, -0.25) is 0 Å². The molecule has 1 aromatic heterocycles. The second-order valence-corrected chi connectivity index (χ2v) is 5.55. The molecule has 0 aliphatic rings. The SMILES string of the molecule is CCOC(=O)c1c(-c2cc(Cl)cc(Cl)c2)csc1N. The number of thiophene rings is 1. The van der Waals surface area contributed by atoms with Gasteiger partial charge in [0, 0.05) is 21.0 Å². The van der Waals surface area contributed by atoms with Crippen LogP contribution in [0.4, 0.5) is 5.00 Å². The molecule has 0 bridgehead atoms. The molecular formula is C13H11Cl2NO2S. The van der Waals surface area contributed by atoms with Crippen LogP contribution < -0.4 is 5.73 Å². The second-order valence-electron chi connectivity index (χ2n) is 3.77. The molecule has 19 heavy (non-hydrogen) atoms. The van der Waals surface area contributed by atoms with Gasteiger partial charge < -0.3 is 10.5 Å². The van der Waals surface area contributed by atoms with Crippen molar-refractivity contribution in [1.82, 2.24) is 0 Å². The van der Waals surface area contributed by atoms with Crippen molar-refractivity contribution in [3.05, 3.63) is 39.2 Å². The topological polar surface area (TPSA) is 52.3 Å². The van der Waals surface area contributed by atoms with Crippen molar-refractivity contribution in [3.63, 3.8) is 0 Å². The van der Waals surface area contributed by atoms with Crippen molar-refractivity contribution < 1.29 is 9.53 Å². The largest absolute Gasteiger partial charge is 0.462 e. The Morgan fingerprint density at radius 2 is 1.95 bits per heavy atom. The highest BCUT2D eigenvalue weighted by molar-refractivity contribution is 7.15. The van der Waals surface area contributed by atoms with Gasteiger partial charge >= 0.3 is 5.97 Å². The molecule has 6 heteroatoms. The summed E-state index contributed by atoms with van der Waals surface area (Å²) in [6.07, 6.45) is 0. The van der Waals surface area contributed by atoms with Crippen LogP contribution in [0.15, 0.2) is 23.6 Å². The van der Waals surface area contributed by atoms with E-state index in [4.69, 9.17) is 33.7 Å². The summed E-state index contributed by atoms with van der Waals surface area (Å²) in [5.41, 5.74) is 7.63. The number of ether oxygens (including phenoxy) is 1. The predicted molar refractivity (Wildman–Crippen MR) is 80.1 cm³/mol. The summed E-state index contributed by atoms with van der Waals surface area (Å²) in [5, 5.41) is 3.22. The molecule has 2 aromatic rings. The lowest BCUT2D eigenvalue weighted by atomic mass is 10.0. The third-order valence-corrected chi connectivity index (χ3v) is 3.72. The summed E-state index contributed by atoms with van der Waals surface area (Å²) in [5.74, 6) is -0.438. The van der Waals surface area contributed by atoms with E-state index in [2.05, 4.69) is 0 Å². The highest BCUT2D eigenvalue weighted by Gasteiger charge is 2.20. The van der Waals surface area contributed by atoms with Crippen molar-refractivity contribution in [2.45, 2.75) is 6.92 Å². The van der Waals surface area contributed by atoms with Crippen LogP contribution in [-0.4, -0.2) is 12.6 Å². The number of carbonyl (C=O) groups is 1. The Bertz CT molecular complexity index is 605. The highest BCUT2D eigenvalue weighted by atomic mass is 35.5. The van der Waals surface area contributed by atoms with Crippen LogP contribution >= 0.6 is 34.5 Å². The number of nitrogen functional groups attached to an aromatic ring is 1. The number of hydrogen-bond donors (Lipinski definition) is 1. The van der Waals surface area contributed by atoms with E-state index < -0.39 is 5.97 Å². The fraction of sp³-hybridized carbons (Fsp3) is 0.154. The van der Waals surface area contributed by atoms with Gasteiger partial charge in [0.05, 0.1) is 6.61 Å². The van der Waals surface area contributed by atoms with Crippen molar-refractivity contribution in [2.75, 3.05) is 12.3 Å². The lowest BCUT2D eigenvalue weighted by molar-refractivity contribution is 0.0529. The van der Waals surface area contributed by atoms with Crippen LogP contribution in [0, 0.1) is 0 Å². The Balaban J connectivity index is 2.53. The molecule has 1 aromatic carbocycles. The van der Waals surface area contributed by atoms with E-state index in [0.717, 1.165) is 5.56 Å². The lowest BCUT2D eigenvalue weighted by Crippen LogP contribution is -2.07. The van der Waals surface area contributed by atoms with E-state index in [1.807, 2.05) is 0 Å². The lowest BCUT2D eigenvalue weighted by Gasteiger charge is -2.06. The van der Waals surface area contributed by atoms with E-state index >= 15 is 0 Å². The van der Waals surface area contributed by atoms with Crippen LogP contribution in [0.5, 0.6) is 0 Å². The maximum Gasteiger partial charge on any atom is 0.341 e. The smallest absolute Gasteiger partial charge is 0.341 e. The monoisotopic (exact) mass is 315 g/mol. The Morgan fingerprint density at radius 3 is 2.53 bits per heavy atom. The number of anilines is 1. The van der Waals surface area contributed by atoms with Crippen LogP contribution in [0.3, 0.4) is 0 Å². The average Bonchev–Trinajstić information content (AvgIpc) is 2.70. The van der Waals surface area contributed by atoms with E-state index in [0.29, 0.717) is 32.8 Å². The molecule has 0 saturated carbocycles. The zero-order valence-electron chi connectivity index (χ0n) is 10.1. The van der Waals surface area contributed by atoms with Gasteiger partial charge in [0.15, 0.2) is 0 Å². The fourth-order valence-corrected chi connectivity index (χ4v) is 3.04. The first kappa shape index (κ1) is 14.2. The summed E-state index contributed by atoms with van der Waals surface area (Å²) in [6.45, 7) is 2.04. The predicted octanol–water partition coefficient (Wildman–Crippen LogP) is 4.48. The van der Waals surface area contributed by atoms with Crippen LogP contribution in [0.1, 0.15) is 17.3 Å². The van der Waals surface area contributed by atoms with Gasteiger partial charge in [-0.1, -0.05) is 23.2 Å². The maximum atomic E-state index is 11.9. The molecule has 0 unspecified atom stereocenters. The average molecular weight is 316 g/mol. The third kappa shape index (κ3) is 3.03. The van der Waals surface area contributed by atoms with Gasteiger partial charge in [0.25, 0.3) is 0 Å². The molecule has 3 nitrogen and oxygen atoms in total. The molecule has 1 heterocycles. The standard InChI is InChI=1S/C13H11Cl2NO2S/c1-2-18-13(17)11-10(6-19-12(11)16)7-3-8(14)5-9(15)4-7/h3-6H,2,16H2,1H3. The Labute approximate surface area is 124 Å². The number of rotatable bonds is 3. The number of nitrogens with two attached hydrogens (primary N) is 1. The van der Waals surface area contributed by atoms with Gasteiger partial charge in [0.1, 0.15) is 10.6 Å². The number of halogens is 2. The van der Waals surface area contributed by atoms with Gasteiger partial charge in [-0.15, -0.1) is 11.3 Å².